The van der Waals surface area contributed by atoms with Crippen molar-refractivity contribution in [3.05, 3.63) is 29.8 Å². The predicted molar refractivity (Wildman–Crippen MR) is 66.5 cm³/mol. The van der Waals surface area contributed by atoms with Gasteiger partial charge in [0.2, 0.25) is 0 Å². The lowest BCUT2D eigenvalue weighted by Crippen LogP contribution is -2.44. The number of fused-ring (bicyclic) bond motifs is 2. The van der Waals surface area contributed by atoms with Crippen LogP contribution in [-0.2, 0) is 6.54 Å². The van der Waals surface area contributed by atoms with E-state index >= 15 is 0 Å². The van der Waals surface area contributed by atoms with Crippen LogP contribution in [0.5, 0.6) is 0 Å². The van der Waals surface area contributed by atoms with Crippen LogP contribution >= 0.6 is 0 Å². The molecule has 2 N–H and O–H groups in total. The molecule has 3 heteroatoms. The Morgan fingerprint density at radius 3 is 2.69 bits per heavy atom. The molecule has 2 aliphatic heterocycles. The number of benzene rings is 1. The van der Waals surface area contributed by atoms with Gasteiger partial charge in [0.25, 0.3) is 0 Å². The number of piperazine rings is 1. The van der Waals surface area contributed by atoms with Gasteiger partial charge in [-0.25, -0.2) is 0 Å². The van der Waals surface area contributed by atoms with E-state index in [1.807, 2.05) is 0 Å². The Kier molecular flexibility index (Phi) is 2.37. The van der Waals surface area contributed by atoms with Gasteiger partial charge < -0.3 is 10.6 Å². The molecule has 0 radical (unpaired) electrons. The Labute approximate surface area is 96.8 Å². The zero-order valence-electron chi connectivity index (χ0n) is 9.76. The maximum Gasteiger partial charge on any atom is 0.0433 e. The van der Waals surface area contributed by atoms with E-state index in [4.69, 9.17) is 5.73 Å². The van der Waals surface area contributed by atoms with Crippen LogP contribution in [0, 0.1) is 0 Å². The number of anilines is 1. The number of nitrogens with two attached hydrogens (primary N) is 1. The van der Waals surface area contributed by atoms with Crippen molar-refractivity contribution in [2.24, 2.45) is 5.73 Å². The van der Waals surface area contributed by atoms with Crippen LogP contribution in [0.4, 0.5) is 5.69 Å². The Balaban J connectivity index is 1.89. The van der Waals surface area contributed by atoms with Crippen LogP contribution in [0.25, 0.3) is 0 Å². The van der Waals surface area contributed by atoms with Gasteiger partial charge in [-0.2, -0.15) is 0 Å². The topological polar surface area (TPSA) is 32.5 Å². The molecule has 16 heavy (non-hydrogen) atoms. The highest BCUT2D eigenvalue weighted by Gasteiger charge is 2.41. The Hall–Kier alpha value is -1.06. The first-order valence-corrected chi connectivity index (χ1v) is 6.04. The molecular formula is C13H19N3. The highest BCUT2D eigenvalue weighted by Crippen LogP contribution is 2.34. The molecule has 2 bridgehead atoms. The Bertz CT molecular complexity index is 389. The van der Waals surface area contributed by atoms with Crippen molar-refractivity contribution in [2.45, 2.75) is 25.0 Å². The van der Waals surface area contributed by atoms with Gasteiger partial charge in [-0.3, -0.25) is 4.90 Å². The van der Waals surface area contributed by atoms with Crippen molar-refractivity contribution < 1.29 is 0 Å². The molecule has 0 aromatic heterocycles. The summed E-state index contributed by atoms with van der Waals surface area (Å²) in [4.78, 5) is 5.03. The summed E-state index contributed by atoms with van der Waals surface area (Å²) in [5.74, 6) is 0. The molecule has 2 fully saturated rings. The quantitative estimate of drug-likeness (QED) is 0.803. The van der Waals surface area contributed by atoms with Crippen molar-refractivity contribution in [3.8, 4) is 0 Å². The molecule has 0 spiro atoms. The fourth-order valence-electron chi connectivity index (χ4n) is 3.12. The van der Waals surface area contributed by atoms with E-state index in [1.54, 1.807) is 0 Å². The van der Waals surface area contributed by atoms with Crippen molar-refractivity contribution >= 4 is 5.69 Å². The van der Waals surface area contributed by atoms with Crippen LogP contribution in [0.1, 0.15) is 12.0 Å². The minimum absolute atomic E-state index is 0.639. The maximum atomic E-state index is 5.81. The standard InChI is InChI=1S/C13H19N3/c1-15-8-12-6-11(15)9-16(12)13-5-3-2-4-10(13)7-14/h2-5,11-12H,6-9,14H2,1H3. The summed E-state index contributed by atoms with van der Waals surface area (Å²) in [6, 6.07) is 9.99. The van der Waals surface area contributed by atoms with Gasteiger partial charge in [0.1, 0.15) is 0 Å². The number of rotatable bonds is 2. The summed E-state index contributed by atoms with van der Waals surface area (Å²) in [7, 11) is 2.23. The van der Waals surface area contributed by atoms with Crippen LogP contribution < -0.4 is 10.6 Å². The molecule has 86 valence electrons. The van der Waals surface area contributed by atoms with E-state index in [-0.39, 0.29) is 0 Å². The molecule has 2 unspecified atom stereocenters. The van der Waals surface area contributed by atoms with Gasteiger partial charge in [-0.15, -0.1) is 0 Å². The molecule has 0 aliphatic carbocycles. The van der Waals surface area contributed by atoms with Crippen molar-refractivity contribution in [1.29, 1.82) is 0 Å². The maximum absolute atomic E-state index is 5.81. The number of para-hydroxylation sites is 1. The summed E-state index contributed by atoms with van der Waals surface area (Å²) in [5.41, 5.74) is 8.43. The van der Waals surface area contributed by atoms with Crippen molar-refractivity contribution in [1.82, 2.24) is 4.90 Å². The number of hydrogen-bond acceptors (Lipinski definition) is 3. The van der Waals surface area contributed by atoms with Crippen molar-refractivity contribution in [2.75, 3.05) is 25.0 Å². The molecule has 1 aromatic rings. The second kappa shape index (κ2) is 3.75. The minimum atomic E-state index is 0.639. The summed E-state index contributed by atoms with van der Waals surface area (Å²) < 4.78 is 0. The third kappa shape index (κ3) is 1.43. The minimum Gasteiger partial charge on any atom is -0.365 e. The predicted octanol–water partition coefficient (Wildman–Crippen LogP) is 1.04. The number of likely N-dealkylation sites (tertiary alicyclic amines) is 1. The average molecular weight is 217 g/mol. The van der Waals surface area contributed by atoms with E-state index in [1.165, 1.54) is 24.2 Å². The highest BCUT2D eigenvalue weighted by atomic mass is 15.3. The molecule has 1 aromatic carbocycles. The van der Waals surface area contributed by atoms with E-state index in [0.29, 0.717) is 12.6 Å². The molecular weight excluding hydrogens is 198 g/mol. The van der Waals surface area contributed by atoms with Gasteiger partial charge in [0, 0.05) is 37.4 Å². The van der Waals surface area contributed by atoms with E-state index < -0.39 is 0 Å². The SMILES string of the molecule is CN1CC2CC1CN2c1ccccc1CN. The fourth-order valence-corrected chi connectivity index (χ4v) is 3.12. The largest absolute Gasteiger partial charge is 0.365 e. The Morgan fingerprint density at radius 2 is 2.06 bits per heavy atom. The first-order chi connectivity index (χ1) is 7.79. The smallest absolute Gasteiger partial charge is 0.0433 e. The molecule has 2 aliphatic rings. The van der Waals surface area contributed by atoms with Gasteiger partial charge >= 0.3 is 0 Å². The van der Waals surface area contributed by atoms with Crippen LogP contribution in [-0.4, -0.2) is 37.1 Å². The summed E-state index contributed by atoms with van der Waals surface area (Å²) in [5, 5.41) is 0. The normalized spacial score (nSPS) is 29.0. The molecule has 2 saturated heterocycles. The van der Waals surface area contributed by atoms with Crippen LogP contribution in [0.3, 0.4) is 0 Å². The van der Waals surface area contributed by atoms with Gasteiger partial charge in [0.15, 0.2) is 0 Å². The monoisotopic (exact) mass is 217 g/mol. The fraction of sp³-hybridized carbons (Fsp3) is 0.538. The molecule has 2 atom stereocenters. The van der Waals surface area contributed by atoms with E-state index in [2.05, 4.69) is 41.1 Å². The highest BCUT2D eigenvalue weighted by molar-refractivity contribution is 5.56. The van der Waals surface area contributed by atoms with Crippen molar-refractivity contribution in [3.63, 3.8) is 0 Å². The van der Waals surface area contributed by atoms with Crippen LogP contribution in [0.15, 0.2) is 24.3 Å². The first kappa shape index (κ1) is 10.1. The Morgan fingerprint density at radius 1 is 1.25 bits per heavy atom. The zero-order valence-corrected chi connectivity index (χ0v) is 9.76. The summed E-state index contributed by atoms with van der Waals surface area (Å²) in [6.07, 6.45) is 1.31. The molecule has 2 heterocycles. The molecule has 3 rings (SSSR count). The van der Waals surface area contributed by atoms with Gasteiger partial charge in [0.05, 0.1) is 0 Å². The zero-order chi connectivity index (χ0) is 11.1. The number of hydrogen-bond donors (Lipinski definition) is 1. The lowest BCUT2D eigenvalue weighted by atomic mass is 10.1. The summed E-state index contributed by atoms with van der Waals surface area (Å²) >= 11 is 0. The first-order valence-electron chi connectivity index (χ1n) is 6.04. The second-order valence-electron chi connectivity index (χ2n) is 4.97. The van der Waals surface area contributed by atoms with Crippen LogP contribution in [0.2, 0.25) is 0 Å². The van der Waals surface area contributed by atoms with E-state index in [0.717, 1.165) is 12.6 Å². The lowest BCUT2D eigenvalue weighted by Gasteiger charge is -2.34. The molecule has 0 amide bonds. The second-order valence-corrected chi connectivity index (χ2v) is 4.97. The number of nitrogens with zero attached hydrogens (tertiary/aromatic N) is 2. The lowest BCUT2D eigenvalue weighted by molar-refractivity contribution is 0.292. The van der Waals surface area contributed by atoms with E-state index in [9.17, 15) is 0 Å². The average Bonchev–Trinajstić information content (AvgIpc) is 2.87. The third-order valence-electron chi connectivity index (χ3n) is 4.04. The van der Waals surface area contributed by atoms with Gasteiger partial charge in [-0.05, 0) is 25.1 Å². The number of likely N-dealkylation sites (N-methyl/N-ethyl adjacent to an activating group) is 1. The summed E-state index contributed by atoms with van der Waals surface area (Å²) in [6.45, 7) is 3.00. The molecule has 3 nitrogen and oxygen atoms in total. The molecule has 0 saturated carbocycles. The third-order valence-corrected chi connectivity index (χ3v) is 4.04. The van der Waals surface area contributed by atoms with Gasteiger partial charge in [-0.1, -0.05) is 18.2 Å².